The third-order valence-electron chi connectivity index (χ3n) is 8.30. The van der Waals surface area contributed by atoms with E-state index in [1.54, 1.807) is 0 Å². The van der Waals surface area contributed by atoms with Gasteiger partial charge in [-0.05, 0) is 32.2 Å². The van der Waals surface area contributed by atoms with Crippen LogP contribution >= 0.6 is 11.6 Å². The van der Waals surface area contributed by atoms with Gasteiger partial charge in [0.1, 0.15) is 30.7 Å². The molecule has 7 heterocycles. The highest BCUT2D eigenvalue weighted by Crippen LogP contribution is 2.42. The van der Waals surface area contributed by atoms with Crippen molar-refractivity contribution in [1.82, 2.24) is 19.9 Å². The molecular formula is C24H28ClF2N5O4. The second-order valence-corrected chi connectivity index (χ2v) is 10.9. The van der Waals surface area contributed by atoms with Crippen molar-refractivity contribution in [2.24, 2.45) is 0 Å². The molecule has 0 bridgehead atoms. The third kappa shape index (κ3) is 3.65. The van der Waals surface area contributed by atoms with Gasteiger partial charge in [0.2, 0.25) is 5.79 Å². The number of pyridine rings is 1. The molecule has 0 amide bonds. The minimum atomic E-state index is -0.917. The Hall–Kier alpha value is -1.92. The molecule has 0 N–H and O–H groups in total. The van der Waals surface area contributed by atoms with E-state index in [-0.39, 0.29) is 34.9 Å². The van der Waals surface area contributed by atoms with Crippen LogP contribution in [0.1, 0.15) is 31.4 Å². The summed E-state index contributed by atoms with van der Waals surface area (Å²) in [5.41, 5.74) is 0.346. The molecule has 2 aromatic heterocycles. The van der Waals surface area contributed by atoms with Crippen molar-refractivity contribution in [2.75, 3.05) is 57.6 Å². The molecule has 0 radical (unpaired) electrons. The number of ether oxygens (including phenoxy) is 4. The average Bonchev–Trinajstić information content (AvgIpc) is 3.48. The van der Waals surface area contributed by atoms with Crippen LogP contribution in [-0.4, -0.2) is 96.1 Å². The number of fused-ring (bicyclic) bond motifs is 3. The highest BCUT2D eigenvalue weighted by atomic mass is 35.5. The van der Waals surface area contributed by atoms with E-state index < -0.39 is 17.8 Å². The SMILES string of the molecule is Fc1c(Cl)nc2c3c(nc(OC[C@@]45CCCN4C[C@H](F)C5)nc13)N1CC3(COCC1CC2)OCCO3. The van der Waals surface area contributed by atoms with Crippen LogP contribution < -0.4 is 9.64 Å². The van der Waals surface area contributed by atoms with Gasteiger partial charge in [-0.15, -0.1) is 0 Å². The van der Waals surface area contributed by atoms with Gasteiger partial charge in [-0.3, -0.25) is 4.90 Å². The Morgan fingerprint density at radius 3 is 2.92 bits per heavy atom. The smallest absolute Gasteiger partial charge is 0.319 e. The van der Waals surface area contributed by atoms with Crippen molar-refractivity contribution in [2.45, 2.75) is 55.6 Å². The van der Waals surface area contributed by atoms with Crippen molar-refractivity contribution in [3.05, 3.63) is 16.7 Å². The number of nitrogens with zero attached hydrogens (tertiary/aromatic N) is 5. The molecular weight excluding hydrogens is 496 g/mol. The normalized spacial score (nSPS) is 31.5. The Bertz CT molecular complexity index is 1200. The van der Waals surface area contributed by atoms with Gasteiger partial charge in [0, 0.05) is 13.0 Å². The molecule has 7 rings (SSSR count). The highest BCUT2D eigenvalue weighted by molar-refractivity contribution is 6.30. The molecule has 5 aliphatic rings. The number of aromatic nitrogens is 3. The third-order valence-corrected chi connectivity index (χ3v) is 8.55. The summed E-state index contributed by atoms with van der Waals surface area (Å²) in [6.45, 7) is 3.59. The fraction of sp³-hybridized carbons (Fsp3) is 0.708. The molecule has 3 atom stereocenters. The molecule has 12 heteroatoms. The van der Waals surface area contributed by atoms with Crippen LogP contribution in [0.5, 0.6) is 6.01 Å². The molecule has 9 nitrogen and oxygen atoms in total. The van der Waals surface area contributed by atoms with E-state index >= 15 is 4.39 Å². The van der Waals surface area contributed by atoms with Gasteiger partial charge >= 0.3 is 6.01 Å². The first-order valence-corrected chi connectivity index (χ1v) is 13.0. The van der Waals surface area contributed by atoms with E-state index in [1.165, 1.54) is 0 Å². The molecule has 0 aromatic carbocycles. The van der Waals surface area contributed by atoms with Gasteiger partial charge in [-0.2, -0.15) is 9.97 Å². The number of rotatable bonds is 3. The number of aryl methyl sites for hydroxylation is 1. The minimum absolute atomic E-state index is 0.0428. The molecule has 0 saturated carbocycles. The Morgan fingerprint density at radius 2 is 2.06 bits per heavy atom. The molecule has 2 aromatic rings. The zero-order chi connectivity index (χ0) is 24.5. The van der Waals surface area contributed by atoms with Crippen LogP contribution in [0.25, 0.3) is 10.9 Å². The van der Waals surface area contributed by atoms with Gasteiger partial charge in [0.15, 0.2) is 11.0 Å². The Morgan fingerprint density at radius 1 is 1.19 bits per heavy atom. The van der Waals surface area contributed by atoms with E-state index in [1.807, 2.05) is 0 Å². The van der Waals surface area contributed by atoms with Crippen molar-refractivity contribution in [1.29, 1.82) is 0 Å². The summed E-state index contributed by atoms with van der Waals surface area (Å²) < 4.78 is 53.7. The monoisotopic (exact) mass is 523 g/mol. The van der Waals surface area contributed by atoms with Crippen molar-refractivity contribution < 1.29 is 27.7 Å². The summed E-state index contributed by atoms with van der Waals surface area (Å²) in [4.78, 5) is 17.8. The summed E-state index contributed by atoms with van der Waals surface area (Å²) in [6, 6.07) is -0.00789. The number of hydrogen-bond acceptors (Lipinski definition) is 9. The fourth-order valence-electron chi connectivity index (χ4n) is 6.61. The van der Waals surface area contributed by atoms with Gasteiger partial charge in [0.05, 0.1) is 49.0 Å². The minimum Gasteiger partial charge on any atom is -0.461 e. The maximum absolute atomic E-state index is 15.3. The van der Waals surface area contributed by atoms with Crippen LogP contribution in [0.15, 0.2) is 0 Å². The molecule has 4 fully saturated rings. The zero-order valence-corrected chi connectivity index (χ0v) is 20.6. The van der Waals surface area contributed by atoms with Gasteiger partial charge in [-0.1, -0.05) is 11.6 Å². The summed E-state index contributed by atoms with van der Waals surface area (Å²) >= 11 is 6.19. The molecule has 5 aliphatic heterocycles. The number of hydrogen-bond donors (Lipinski definition) is 0. The highest BCUT2D eigenvalue weighted by Gasteiger charge is 2.50. The van der Waals surface area contributed by atoms with Crippen LogP contribution in [0, 0.1) is 5.82 Å². The standard InChI is InChI=1S/C24H28ClF2N5O4/c25-20-18(27)19-17-16(28-20)3-2-15-10-33-13-24(35-6-7-36-24)11-32(15)21(17)30-22(29-19)34-12-23-4-1-5-31(23)9-14(26)8-23/h14-15H,1-13H2/t14-,15?,23+/m1/s1. The topological polar surface area (TPSA) is 82.1 Å². The first kappa shape index (κ1) is 23.2. The van der Waals surface area contributed by atoms with E-state index in [0.29, 0.717) is 75.7 Å². The Balaban J connectivity index is 1.31. The molecule has 36 heavy (non-hydrogen) atoms. The van der Waals surface area contributed by atoms with Gasteiger partial charge < -0.3 is 23.8 Å². The van der Waals surface area contributed by atoms with E-state index in [0.717, 1.165) is 19.4 Å². The molecule has 1 unspecified atom stereocenters. The second-order valence-electron chi connectivity index (χ2n) is 10.5. The summed E-state index contributed by atoms with van der Waals surface area (Å²) in [7, 11) is 0. The molecule has 0 aliphatic carbocycles. The van der Waals surface area contributed by atoms with Gasteiger partial charge in [0.25, 0.3) is 0 Å². The van der Waals surface area contributed by atoms with Crippen molar-refractivity contribution >= 4 is 28.3 Å². The average molecular weight is 524 g/mol. The largest absolute Gasteiger partial charge is 0.461 e. The van der Waals surface area contributed by atoms with Crippen LogP contribution in [0.4, 0.5) is 14.6 Å². The number of anilines is 1. The second kappa shape index (κ2) is 8.56. The number of halogens is 3. The summed E-state index contributed by atoms with van der Waals surface area (Å²) in [5, 5.41) is 0.296. The van der Waals surface area contributed by atoms with Crippen LogP contribution in [0.3, 0.4) is 0 Å². The number of alkyl halides is 1. The zero-order valence-electron chi connectivity index (χ0n) is 19.9. The van der Waals surface area contributed by atoms with Crippen molar-refractivity contribution in [3.8, 4) is 6.01 Å². The maximum Gasteiger partial charge on any atom is 0.319 e. The maximum atomic E-state index is 15.3. The van der Waals surface area contributed by atoms with E-state index in [2.05, 4.69) is 19.8 Å². The summed E-state index contributed by atoms with van der Waals surface area (Å²) in [5.74, 6) is -1.11. The Kier molecular flexibility index (Phi) is 5.52. The lowest BCUT2D eigenvalue weighted by molar-refractivity contribution is -0.179. The predicted octanol–water partition coefficient (Wildman–Crippen LogP) is 2.67. The summed E-state index contributed by atoms with van der Waals surface area (Å²) in [6.07, 6.45) is 2.68. The van der Waals surface area contributed by atoms with Crippen molar-refractivity contribution in [3.63, 3.8) is 0 Å². The lowest BCUT2D eigenvalue weighted by Gasteiger charge is -2.34. The van der Waals surface area contributed by atoms with Crippen LogP contribution in [-0.2, 0) is 20.6 Å². The van der Waals surface area contributed by atoms with E-state index in [9.17, 15) is 4.39 Å². The first-order chi connectivity index (χ1) is 17.5. The Labute approximate surface area is 212 Å². The predicted molar refractivity (Wildman–Crippen MR) is 126 cm³/mol. The lowest BCUT2D eigenvalue weighted by Crippen LogP contribution is -2.48. The molecule has 4 saturated heterocycles. The van der Waals surface area contributed by atoms with E-state index in [4.69, 9.17) is 35.5 Å². The van der Waals surface area contributed by atoms with Gasteiger partial charge in [-0.25, -0.2) is 13.8 Å². The molecule has 194 valence electrons. The lowest BCUT2D eigenvalue weighted by atomic mass is 9.95. The molecule has 1 spiro atoms. The quantitative estimate of drug-likeness (QED) is 0.564. The first-order valence-electron chi connectivity index (χ1n) is 12.7. The van der Waals surface area contributed by atoms with Crippen LogP contribution in [0.2, 0.25) is 5.15 Å². The fourth-order valence-corrected chi connectivity index (χ4v) is 6.80.